The maximum atomic E-state index is 13.9. The average Bonchev–Trinajstić information content (AvgIpc) is 3.59. The molecule has 3 heterocycles. The van der Waals surface area contributed by atoms with Gasteiger partial charge in [0, 0.05) is 30.1 Å². The number of nitrogens with zero attached hydrogens (tertiary/aromatic N) is 2. The summed E-state index contributed by atoms with van der Waals surface area (Å²) in [6.07, 6.45) is 2.26. The highest BCUT2D eigenvalue weighted by Gasteiger charge is 2.34. The van der Waals surface area contributed by atoms with Crippen LogP contribution in [0.15, 0.2) is 60.0 Å². The van der Waals surface area contributed by atoms with E-state index < -0.39 is 11.7 Å². The SMILES string of the molecule is O=C(c1cccc(F)c1)N(CC(=O)N1CCc2sccc2[C@@H]1COc1ccc(F)cc1)C[C@@H]1CCCO1. The van der Waals surface area contributed by atoms with E-state index in [1.165, 1.54) is 40.1 Å². The molecule has 0 radical (unpaired) electrons. The minimum atomic E-state index is -0.506. The van der Waals surface area contributed by atoms with Gasteiger partial charge >= 0.3 is 0 Å². The lowest BCUT2D eigenvalue weighted by Gasteiger charge is -2.37. The summed E-state index contributed by atoms with van der Waals surface area (Å²) >= 11 is 1.65. The zero-order valence-electron chi connectivity index (χ0n) is 20.3. The van der Waals surface area contributed by atoms with Crippen molar-refractivity contribution in [2.24, 2.45) is 0 Å². The molecule has 2 aliphatic rings. The van der Waals surface area contributed by atoms with Crippen LogP contribution in [0.5, 0.6) is 5.75 Å². The number of hydrogen-bond donors (Lipinski definition) is 0. The highest BCUT2D eigenvalue weighted by Crippen LogP contribution is 2.34. The second kappa shape index (κ2) is 11.4. The summed E-state index contributed by atoms with van der Waals surface area (Å²) in [6.45, 7) is 1.42. The van der Waals surface area contributed by atoms with E-state index in [2.05, 4.69) is 0 Å². The summed E-state index contributed by atoms with van der Waals surface area (Å²) in [7, 11) is 0. The van der Waals surface area contributed by atoms with Gasteiger partial charge in [0.1, 0.15) is 30.5 Å². The van der Waals surface area contributed by atoms with Crippen LogP contribution in [0.25, 0.3) is 0 Å². The first kappa shape index (κ1) is 25.4. The first-order valence-corrected chi connectivity index (χ1v) is 13.3. The topological polar surface area (TPSA) is 59.1 Å². The van der Waals surface area contributed by atoms with Crippen LogP contribution in [-0.4, -0.2) is 60.6 Å². The van der Waals surface area contributed by atoms with Gasteiger partial charge in [-0.15, -0.1) is 11.3 Å². The second-order valence-electron chi connectivity index (χ2n) is 9.25. The van der Waals surface area contributed by atoms with Crippen LogP contribution in [0.2, 0.25) is 0 Å². The standard InChI is InChI=1S/C28H28F2N2O4S/c29-20-6-8-22(9-7-20)36-18-25-24-11-14-37-26(24)10-12-32(25)27(33)17-31(16-23-5-2-13-35-23)28(34)19-3-1-4-21(30)15-19/h1,3-4,6-9,11,14-15,23,25H,2,5,10,12-13,16-18H2/t23-,25-/m0/s1. The number of thiophene rings is 1. The minimum absolute atomic E-state index is 0.151. The van der Waals surface area contributed by atoms with Gasteiger partial charge < -0.3 is 19.3 Å². The Balaban J connectivity index is 1.35. The van der Waals surface area contributed by atoms with Gasteiger partial charge in [-0.3, -0.25) is 9.59 Å². The van der Waals surface area contributed by atoms with Gasteiger partial charge in [-0.2, -0.15) is 0 Å². The number of hydrogen-bond acceptors (Lipinski definition) is 5. The Labute approximate surface area is 218 Å². The number of amides is 2. The van der Waals surface area contributed by atoms with E-state index >= 15 is 0 Å². The van der Waals surface area contributed by atoms with Crippen molar-refractivity contribution >= 4 is 23.2 Å². The number of carbonyl (C=O) groups excluding carboxylic acids is 2. The molecule has 194 valence electrons. The third-order valence-electron chi connectivity index (χ3n) is 6.77. The fraction of sp³-hybridized carbons (Fsp3) is 0.357. The quantitative estimate of drug-likeness (QED) is 0.421. The second-order valence-corrected chi connectivity index (χ2v) is 10.2. The lowest BCUT2D eigenvalue weighted by Crippen LogP contribution is -2.49. The van der Waals surface area contributed by atoms with Gasteiger partial charge in [0.2, 0.25) is 5.91 Å². The van der Waals surface area contributed by atoms with Crippen LogP contribution >= 0.6 is 11.3 Å². The molecule has 5 rings (SSSR count). The molecule has 6 nitrogen and oxygen atoms in total. The summed E-state index contributed by atoms with van der Waals surface area (Å²) in [6, 6.07) is 12.9. The summed E-state index contributed by atoms with van der Waals surface area (Å²) in [5.74, 6) is -0.968. The van der Waals surface area contributed by atoms with Crippen molar-refractivity contribution in [1.29, 1.82) is 0 Å². The number of benzene rings is 2. The zero-order valence-corrected chi connectivity index (χ0v) is 21.1. The number of halogens is 2. The van der Waals surface area contributed by atoms with Crippen LogP contribution in [-0.2, 0) is 16.0 Å². The van der Waals surface area contributed by atoms with Crippen LogP contribution in [0.1, 0.15) is 39.7 Å². The van der Waals surface area contributed by atoms with E-state index in [1.807, 2.05) is 11.4 Å². The average molecular weight is 527 g/mol. The molecule has 1 aromatic heterocycles. The molecule has 2 aromatic carbocycles. The maximum absolute atomic E-state index is 13.9. The van der Waals surface area contributed by atoms with Gasteiger partial charge in [-0.05, 0) is 78.7 Å². The molecule has 2 aliphatic heterocycles. The number of rotatable bonds is 8. The number of carbonyl (C=O) groups is 2. The molecule has 0 saturated carbocycles. The Morgan fingerprint density at radius 2 is 1.95 bits per heavy atom. The monoisotopic (exact) mass is 526 g/mol. The van der Waals surface area contributed by atoms with Crippen molar-refractivity contribution in [2.45, 2.75) is 31.4 Å². The Kier molecular flexibility index (Phi) is 7.81. The molecule has 3 aromatic rings. The number of ether oxygens (including phenoxy) is 2. The van der Waals surface area contributed by atoms with Gasteiger partial charge in [-0.1, -0.05) is 6.07 Å². The largest absolute Gasteiger partial charge is 0.491 e. The van der Waals surface area contributed by atoms with Crippen molar-refractivity contribution in [3.63, 3.8) is 0 Å². The molecule has 0 unspecified atom stereocenters. The summed E-state index contributed by atoms with van der Waals surface area (Å²) in [5, 5.41) is 2.00. The lowest BCUT2D eigenvalue weighted by atomic mass is 10.00. The molecule has 2 atom stereocenters. The van der Waals surface area contributed by atoms with Crippen molar-refractivity contribution in [1.82, 2.24) is 9.80 Å². The molecule has 1 fully saturated rings. The van der Waals surface area contributed by atoms with E-state index in [-0.39, 0.29) is 49.1 Å². The molecule has 0 bridgehead atoms. The van der Waals surface area contributed by atoms with Gasteiger partial charge in [0.05, 0.1) is 12.1 Å². The Hall–Kier alpha value is -3.30. The molecule has 2 amide bonds. The summed E-state index contributed by atoms with van der Waals surface area (Å²) in [4.78, 5) is 31.5. The molecular weight excluding hydrogens is 498 g/mol. The van der Waals surface area contributed by atoms with Crippen LogP contribution < -0.4 is 4.74 Å². The van der Waals surface area contributed by atoms with E-state index in [1.54, 1.807) is 34.4 Å². The Morgan fingerprint density at radius 3 is 2.70 bits per heavy atom. The molecule has 0 spiro atoms. The van der Waals surface area contributed by atoms with Gasteiger partial charge in [-0.25, -0.2) is 8.78 Å². The first-order valence-electron chi connectivity index (χ1n) is 12.4. The summed E-state index contributed by atoms with van der Waals surface area (Å²) in [5.41, 5.74) is 1.22. The fourth-order valence-corrected chi connectivity index (χ4v) is 5.82. The lowest BCUT2D eigenvalue weighted by molar-refractivity contribution is -0.135. The fourth-order valence-electron chi connectivity index (χ4n) is 4.89. The molecule has 0 aliphatic carbocycles. The predicted octanol–water partition coefficient (Wildman–Crippen LogP) is 4.85. The predicted molar refractivity (Wildman–Crippen MR) is 136 cm³/mol. The van der Waals surface area contributed by atoms with E-state index in [9.17, 15) is 18.4 Å². The summed E-state index contributed by atoms with van der Waals surface area (Å²) < 4.78 is 38.9. The van der Waals surface area contributed by atoms with Crippen molar-refractivity contribution in [3.05, 3.63) is 87.6 Å². The first-order chi connectivity index (χ1) is 18.0. The third kappa shape index (κ3) is 5.99. The molecular formula is C28H28F2N2O4S. The highest BCUT2D eigenvalue weighted by atomic mass is 32.1. The number of fused-ring (bicyclic) bond motifs is 1. The maximum Gasteiger partial charge on any atom is 0.254 e. The molecule has 9 heteroatoms. The normalized spacial score (nSPS) is 18.9. The van der Waals surface area contributed by atoms with Crippen molar-refractivity contribution < 1.29 is 27.8 Å². The Bertz CT molecular complexity index is 1240. The van der Waals surface area contributed by atoms with Crippen LogP contribution in [0, 0.1) is 11.6 Å². The van der Waals surface area contributed by atoms with Crippen LogP contribution in [0.4, 0.5) is 8.78 Å². The minimum Gasteiger partial charge on any atom is -0.491 e. The highest BCUT2D eigenvalue weighted by molar-refractivity contribution is 7.10. The smallest absolute Gasteiger partial charge is 0.254 e. The third-order valence-corrected chi connectivity index (χ3v) is 7.77. The van der Waals surface area contributed by atoms with E-state index in [0.29, 0.717) is 18.9 Å². The Morgan fingerprint density at radius 1 is 1.11 bits per heavy atom. The van der Waals surface area contributed by atoms with Crippen LogP contribution in [0.3, 0.4) is 0 Å². The molecule has 0 N–H and O–H groups in total. The molecule has 1 saturated heterocycles. The van der Waals surface area contributed by atoms with E-state index in [0.717, 1.165) is 24.8 Å². The van der Waals surface area contributed by atoms with Crippen molar-refractivity contribution in [3.8, 4) is 5.75 Å². The van der Waals surface area contributed by atoms with E-state index in [4.69, 9.17) is 9.47 Å². The molecule has 37 heavy (non-hydrogen) atoms. The van der Waals surface area contributed by atoms with Gasteiger partial charge in [0.15, 0.2) is 0 Å². The van der Waals surface area contributed by atoms with Crippen molar-refractivity contribution in [2.75, 3.05) is 32.8 Å². The zero-order chi connectivity index (χ0) is 25.8. The van der Waals surface area contributed by atoms with Gasteiger partial charge in [0.25, 0.3) is 5.91 Å².